The number of hydrogen-bond donors (Lipinski definition) is 1. The van der Waals surface area contributed by atoms with Crippen molar-refractivity contribution in [1.82, 2.24) is 0 Å². The van der Waals surface area contributed by atoms with Crippen LogP contribution in [0.2, 0.25) is 0 Å². The van der Waals surface area contributed by atoms with Gasteiger partial charge in [0.1, 0.15) is 30.3 Å². The van der Waals surface area contributed by atoms with Crippen LogP contribution in [0.25, 0.3) is 4.85 Å². The van der Waals surface area contributed by atoms with E-state index in [2.05, 4.69) is 22.9 Å². The lowest BCUT2D eigenvalue weighted by Gasteiger charge is -2.30. The van der Waals surface area contributed by atoms with Gasteiger partial charge in [0.25, 0.3) is 5.70 Å². The van der Waals surface area contributed by atoms with Gasteiger partial charge in [-0.25, -0.2) is 24.1 Å². The lowest BCUT2D eigenvalue weighted by atomic mass is 9.76. The molecule has 21 heteroatoms. The molecule has 1 aromatic carbocycles. The van der Waals surface area contributed by atoms with E-state index in [0.29, 0.717) is 133 Å². The number of carbonyl (C=O) groups is 8. The predicted octanol–water partition coefficient (Wildman–Crippen LogP) is 9.81. The van der Waals surface area contributed by atoms with Gasteiger partial charge < -0.3 is 37.9 Å². The van der Waals surface area contributed by atoms with Crippen LogP contribution in [0.5, 0.6) is 11.5 Å². The lowest BCUT2D eigenvalue weighted by Crippen LogP contribution is -2.35. The van der Waals surface area contributed by atoms with Gasteiger partial charge in [-0.1, -0.05) is 42.3 Å². The Bertz CT molecular complexity index is 2400. The van der Waals surface area contributed by atoms with Crippen LogP contribution < -0.4 is 9.47 Å². The fourth-order valence-electron chi connectivity index (χ4n) is 10.3. The summed E-state index contributed by atoms with van der Waals surface area (Å²) in [6, 6.07) is 2.99. The summed E-state index contributed by atoms with van der Waals surface area (Å²) in [6.45, 7) is 20.5. The molecule has 0 atom stereocenters. The number of carbonyl (C=O) groups excluding carboxylic acids is 8. The Morgan fingerprint density at radius 1 is 0.628 bits per heavy atom. The van der Waals surface area contributed by atoms with Gasteiger partial charge in [-0.3, -0.25) is 29.2 Å². The second-order valence-electron chi connectivity index (χ2n) is 20.6. The first kappa shape index (κ1) is 61.8. The zero-order chi connectivity index (χ0) is 56.1. The third kappa shape index (κ3) is 18.3. The number of hydrogen-bond acceptors (Lipinski definition) is 20. The molecule has 426 valence electrons. The van der Waals surface area contributed by atoms with Crippen LogP contribution in [0.15, 0.2) is 56.7 Å². The van der Waals surface area contributed by atoms with Gasteiger partial charge in [-0.15, -0.1) is 0 Å². The van der Waals surface area contributed by atoms with Crippen molar-refractivity contribution in [1.29, 1.82) is 0 Å². The number of fused-ring (bicyclic) bond motifs is 1. The van der Waals surface area contributed by atoms with Gasteiger partial charge in [-0.2, -0.15) is 0 Å². The van der Waals surface area contributed by atoms with E-state index in [9.17, 15) is 38.4 Å². The Labute approximate surface area is 464 Å². The molecule has 0 radical (unpaired) electrons. The number of ketones is 2. The highest BCUT2D eigenvalue weighted by molar-refractivity contribution is 8.24. The summed E-state index contributed by atoms with van der Waals surface area (Å²) in [5.41, 5.74) is 0.817. The Hall–Kier alpha value is -5.37. The summed E-state index contributed by atoms with van der Waals surface area (Å²) in [5.74, 6) is -6.63. The van der Waals surface area contributed by atoms with Crippen LogP contribution in [0, 0.1) is 36.2 Å². The molecule has 1 aliphatic heterocycles. The molecule has 0 spiro atoms. The number of Topliss-reactive ketones (excluding diaryl/α,β-unsaturated/α-hetero) is 2. The van der Waals surface area contributed by atoms with Crippen molar-refractivity contribution in [2.24, 2.45) is 29.6 Å². The Morgan fingerprint density at radius 3 is 1.59 bits per heavy atom. The second kappa shape index (κ2) is 31.4. The number of unbranched alkanes of at least 4 members (excludes halogenated alkanes) is 1. The quantitative estimate of drug-likeness (QED) is 0.00823. The average molecular weight is 1120 g/mol. The molecule has 6 rings (SSSR count). The molecule has 0 unspecified atom stereocenters. The van der Waals surface area contributed by atoms with Crippen molar-refractivity contribution in [3.05, 3.63) is 58.3 Å². The van der Waals surface area contributed by atoms with Crippen molar-refractivity contribution in [2.45, 2.75) is 176 Å². The third-order valence-electron chi connectivity index (χ3n) is 14.8. The van der Waals surface area contributed by atoms with E-state index in [0.717, 1.165) is 67.3 Å². The molecule has 1 N–H and O–H groups in total. The molecule has 78 heavy (non-hydrogen) atoms. The van der Waals surface area contributed by atoms with E-state index in [-0.39, 0.29) is 40.1 Å². The molecular formula is C57H73NO18S2. The van der Waals surface area contributed by atoms with Gasteiger partial charge in [0.15, 0.2) is 0 Å². The standard InChI is InChI=1S/C57H73NO18S2/c1-6-46(59)70-31-8-7-30-69-41-21-15-38(16-22-41)49(61)56(66)74-43-25-19-40(20-26-43)53(63)76-45-28-27-44(50-51(45)78-57(77-50)47(58-5)54(64)72-34(2)3)75-52(62)39-17-23-42(24-18-39)73-55(65)48(60)37-13-11-36(12-14-37)35(4)10-9-29-68-32-33-71-67/h6,27-28,34,36-43,67H,1,4,7-26,29-33H2,2-3H3/b57-47+. The van der Waals surface area contributed by atoms with Crippen molar-refractivity contribution in [3.63, 3.8) is 0 Å². The van der Waals surface area contributed by atoms with Crippen LogP contribution in [-0.2, 0) is 71.7 Å². The van der Waals surface area contributed by atoms with Crippen LogP contribution in [-0.4, -0.2) is 110 Å². The molecule has 1 heterocycles. The first-order valence-electron chi connectivity index (χ1n) is 27.3. The summed E-state index contributed by atoms with van der Waals surface area (Å²) >= 11 is 2.05. The van der Waals surface area contributed by atoms with E-state index in [1.54, 1.807) is 13.8 Å². The molecule has 4 saturated carbocycles. The van der Waals surface area contributed by atoms with Crippen molar-refractivity contribution < 1.29 is 86.4 Å². The highest BCUT2D eigenvalue weighted by Crippen LogP contribution is 2.59. The molecule has 0 saturated heterocycles. The van der Waals surface area contributed by atoms with Crippen molar-refractivity contribution in [3.8, 4) is 11.5 Å². The first-order chi connectivity index (χ1) is 37.6. The topological polar surface area (TPSA) is 244 Å². The van der Waals surface area contributed by atoms with Gasteiger partial charge in [0, 0.05) is 31.1 Å². The average Bonchev–Trinajstić information content (AvgIpc) is 3.99. The van der Waals surface area contributed by atoms with E-state index < -0.39 is 89.4 Å². The van der Waals surface area contributed by atoms with E-state index >= 15 is 0 Å². The fourth-order valence-corrected chi connectivity index (χ4v) is 12.9. The molecule has 5 aliphatic rings. The minimum Gasteiger partial charge on any atom is -0.468 e. The summed E-state index contributed by atoms with van der Waals surface area (Å²) in [4.78, 5) is 112. The minimum atomic E-state index is -0.873. The number of esters is 6. The molecule has 0 amide bonds. The number of rotatable bonds is 27. The lowest BCUT2D eigenvalue weighted by molar-refractivity contribution is -0.249. The van der Waals surface area contributed by atoms with Gasteiger partial charge >= 0.3 is 35.8 Å². The van der Waals surface area contributed by atoms with Gasteiger partial charge in [0.2, 0.25) is 11.6 Å². The maximum absolute atomic E-state index is 13.8. The highest BCUT2D eigenvalue weighted by atomic mass is 32.2. The van der Waals surface area contributed by atoms with Gasteiger partial charge in [0.05, 0.1) is 57.9 Å². The summed E-state index contributed by atoms with van der Waals surface area (Å²) in [7, 11) is 0. The number of thioether (sulfide) groups is 2. The summed E-state index contributed by atoms with van der Waals surface area (Å²) in [6.07, 6.45) is 10.1. The predicted molar refractivity (Wildman–Crippen MR) is 283 cm³/mol. The van der Waals surface area contributed by atoms with Crippen LogP contribution in [0.1, 0.15) is 142 Å². The van der Waals surface area contributed by atoms with E-state index in [1.165, 1.54) is 12.1 Å². The largest absolute Gasteiger partial charge is 0.468 e. The van der Waals surface area contributed by atoms with E-state index in [1.807, 2.05) is 0 Å². The maximum Gasteiger partial charge on any atom is 0.375 e. The number of benzene rings is 1. The first-order valence-corrected chi connectivity index (χ1v) is 28.9. The highest BCUT2D eigenvalue weighted by Gasteiger charge is 2.39. The number of nitrogens with zero attached hydrogens (tertiary/aromatic N) is 1. The number of allylic oxidation sites excluding steroid dienone is 1. The number of ether oxygens (including phenoxy) is 8. The van der Waals surface area contributed by atoms with Crippen LogP contribution in [0.4, 0.5) is 0 Å². The zero-order valence-corrected chi connectivity index (χ0v) is 46.3. The summed E-state index contributed by atoms with van der Waals surface area (Å²) < 4.78 is 45.2. The smallest absolute Gasteiger partial charge is 0.375 e. The molecule has 1 aromatic rings. The Kier molecular flexibility index (Phi) is 24.9. The molecule has 4 aliphatic carbocycles. The molecule has 0 aromatic heterocycles. The Morgan fingerprint density at radius 2 is 1.10 bits per heavy atom. The second-order valence-corrected chi connectivity index (χ2v) is 22.9. The minimum absolute atomic E-state index is 0.0173. The Balaban J connectivity index is 0.966. The van der Waals surface area contributed by atoms with Crippen LogP contribution >= 0.6 is 23.5 Å². The zero-order valence-electron chi connectivity index (χ0n) is 44.7. The molecular weight excluding hydrogens is 1050 g/mol. The van der Waals surface area contributed by atoms with Crippen molar-refractivity contribution >= 4 is 70.9 Å². The van der Waals surface area contributed by atoms with Crippen molar-refractivity contribution in [2.75, 3.05) is 33.0 Å². The summed E-state index contributed by atoms with van der Waals surface area (Å²) in [5, 5.41) is 8.40. The molecule has 0 bridgehead atoms. The molecule has 19 nitrogen and oxygen atoms in total. The van der Waals surface area contributed by atoms with E-state index in [4.69, 9.17) is 49.7 Å². The third-order valence-corrected chi connectivity index (χ3v) is 17.4. The van der Waals surface area contributed by atoms with Gasteiger partial charge in [-0.05, 0) is 160 Å². The maximum atomic E-state index is 13.8. The normalized spacial score (nSPS) is 24.6. The fraction of sp³-hybridized carbons (Fsp3) is 0.632. The molecule has 4 fully saturated rings. The SMILES string of the molecule is [C-]#[N+]/C(C(=O)OC(C)C)=C1/Sc2c(OC(=O)C3CCC(OC(=O)C(=O)C4CCC(OCCCCOC(=O)C=C)CC4)CC3)ccc(OC(=O)C3CCC(OC(=O)C(=O)C4CCC(C(=C)CCCOCCOO)CC4)CC3)c2S1. The monoisotopic (exact) mass is 1120 g/mol. The van der Waals surface area contributed by atoms with Crippen LogP contribution in [0.3, 0.4) is 0 Å².